The van der Waals surface area contributed by atoms with E-state index in [9.17, 15) is 19.7 Å². The van der Waals surface area contributed by atoms with E-state index in [4.69, 9.17) is 9.47 Å². The van der Waals surface area contributed by atoms with E-state index >= 15 is 0 Å². The minimum atomic E-state index is -0.696. The van der Waals surface area contributed by atoms with Crippen molar-refractivity contribution < 1.29 is 24.0 Å². The molecule has 2 aromatic rings. The molecule has 25 heavy (non-hydrogen) atoms. The van der Waals surface area contributed by atoms with E-state index in [0.29, 0.717) is 11.4 Å². The number of carbonyl (C=O) groups excluding carboxylic acids is 2. The highest BCUT2D eigenvalue weighted by Gasteiger charge is 2.10. The molecule has 0 saturated carbocycles. The summed E-state index contributed by atoms with van der Waals surface area (Å²) in [7, 11) is 0. The number of hydrogen-bond donors (Lipinski definition) is 1. The molecular weight excluding hydrogens is 396 g/mol. The molecule has 0 saturated heterocycles. The molecule has 130 valence electrons. The number of carbonyl (C=O) groups is 2. The van der Waals surface area contributed by atoms with Gasteiger partial charge in [-0.25, -0.2) is 4.79 Å². The van der Waals surface area contributed by atoms with Gasteiger partial charge in [-0.1, -0.05) is 22.0 Å². The van der Waals surface area contributed by atoms with Crippen molar-refractivity contribution in [3.63, 3.8) is 0 Å². The molecule has 1 N–H and O–H groups in total. The van der Waals surface area contributed by atoms with Gasteiger partial charge < -0.3 is 14.8 Å². The normalized spacial score (nSPS) is 9.96. The van der Waals surface area contributed by atoms with Gasteiger partial charge in [-0.05, 0) is 30.3 Å². The molecule has 9 heteroatoms. The Morgan fingerprint density at radius 2 is 1.84 bits per heavy atom. The summed E-state index contributed by atoms with van der Waals surface area (Å²) < 4.78 is 10.8. The van der Waals surface area contributed by atoms with Crippen LogP contribution in [-0.4, -0.2) is 30.0 Å². The van der Waals surface area contributed by atoms with Gasteiger partial charge >= 0.3 is 5.97 Å². The first kappa shape index (κ1) is 18.4. The fraction of sp³-hybridized carbons (Fsp3) is 0.125. The van der Waals surface area contributed by atoms with Gasteiger partial charge in [0, 0.05) is 22.3 Å². The first-order chi connectivity index (χ1) is 11.9. The monoisotopic (exact) mass is 408 g/mol. The van der Waals surface area contributed by atoms with Crippen LogP contribution in [0.4, 0.5) is 11.4 Å². The average molecular weight is 409 g/mol. The first-order valence-corrected chi connectivity index (χ1v) is 7.81. The number of anilines is 1. The van der Waals surface area contributed by atoms with Gasteiger partial charge in [-0.3, -0.25) is 14.9 Å². The lowest BCUT2D eigenvalue weighted by Crippen LogP contribution is -2.23. The Balaban J connectivity index is 1.73. The van der Waals surface area contributed by atoms with Crippen molar-refractivity contribution in [2.75, 3.05) is 18.5 Å². The summed E-state index contributed by atoms with van der Waals surface area (Å²) in [5, 5.41) is 13.0. The first-order valence-electron chi connectivity index (χ1n) is 7.02. The van der Waals surface area contributed by atoms with Gasteiger partial charge in [-0.2, -0.15) is 0 Å². The quantitative estimate of drug-likeness (QED) is 0.428. The van der Waals surface area contributed by atoms with Crippen molar-refractivity contribution in [1.82, 2.24) is 0 Å². The molecule has 8 nitrogen and oxygen atoms in total. The van der Waals surface area contributed by atoms with E-state index in [2.05, 4.69) is 21.2 Å². The summed E-state index contributed by atoms with van der Waals surface area (Å²) in [5.74, 6) is -0.773. The van der Waals surface area contributed by atoms with Gasteiger partial charge in [0.05, 0.1) is 4.92 Å². The number of non-ortho nitro benzene ring substituents is 1. The molecule has 0 aliphatic carbocycles. The molecule has 0 aliphatic rings. The second-order valence-corrected chi connectivity index (χ2v) is 5.67. The van der Waals surface area contributed by atoms with Crippen molar-refractivity contribution in [1.29, 1.82) is 0 Å². The Kier molecular flexibility index (Phi) is 6.47. The molecule has 0 atom stereocenters. The summed E-state index contributed by atoms with van der Waals surface area (Å²) in [6, 6.07) is 12.2. The van der Waals surface area contributed by atoms with E-state index in [1.54, 1.807) is 18.2 Å². The highest BCUT2D eigenvalue weighted by atomic mass is 79.9. The number of rotatable bonds is 7. The number of amides is 1. The number of hydrogen-bond acceptors (Lipinski definition) is 6. The Morgan fingerprint density at radius 3 is 2.48 bits per heavy atom. The van der Waals surface area contributed by atoms with Gasteiger partial charge in [-0.15, -0.1) is 0 Å². The van der Waals surface area contributed by atoms with Crippen molar-refractivity contribution in [2.24, 2.45) is 0 Å². The van der Waals surface area contributed by atoms with Crippen LogP contribution in [-0.2, 0) is 14.3 Å². The summed E-state index contributed by atoms with van der Waals surface area (Å²) in [6.45, 7) is -0.821. The van der Waals surface area contributed by atoms with E-state index in [-0.39, 0.29) is 12.3 Å². The Hall–Kier alpha value is -2.94. The number of esters is 1. The zero-order valence-electron chi connectivity index (χ0n) is 12.8. The maximum atomic E-state index is 11.7. The third-order valence-electron chi connectivity index (χ3n) is 2.88. The lowest BCUT2D eigenvalue weighted by atomic mass is 10.3. The number of ether oxygens (including phenoxy) is 2. The molecule has 0 unspecified atom stereocenters. The van der Waals surface area contributed by atoms with Crippen molar-refractivity contribution >= 4 is 39.2 Å². The van der Waals surface area contributed by atoms with Crippen molar-refractivity contribution in [2.45, 2.75) is 0 Å². The molecule has 1 amide bonds. The lowest BCUT2D eigenvalue weighted by Gasteiger charge is -2.08. The molecule has 0 fully saturated rings. The van der Waals surface area contributed by atoms with Crippen LogP contribution in [0.5, 0.6) is 5.75 Å². The fourth-order valence-electron chi connectivity index (χ4n) is 1.75. The van der Waals surface area contributed by atoms with Gasteiger partial charge in [0.15, 0.2) is 13.2 Å². The molecule has 0 bridgehead atoms. The number of nitro groups is 1. The van der Waals surface area contributed by atoms with Crippen LogP contribution in [0.3, 0.4) is 0 Å². The topological polar surface area (TPSA) is 108 Å². The fourth-order valence-corrected chi connectivity index (χ4v) is 2.13. The summed E-state index contributed by atoms with van der Waals surface area (Å²) in [5.41, 5.74) is 0.270. The van der Waals surface area contributed by atoms with Crippen LogP contribution >= 0.6 is 15.9 Å². The standard InChI is InChI=1S/C16H13BrN2O6/c17-11-2-1-3-14(8-11)24-10-16(21)25-9-15(20)18-12-4-6-13(7-5-12)19(22)23/h1-8H,9-10H2,(H,18,20). The molecule has 0 heterocycles. The Morgan fingerprint density at radius 1 is 1.12 bits per heavy atom. The van der Waals surface area contributed by atoms with Gasteiger partial charge in [0.1, 0.15) is 5.75 Å². The highest BCUT2D eigenvalue weighted by molar-refractivity contribution is 9.10. The minimum Gasteiger partial charge on any atom is -0.482 e. The molecule has 0 aliphatic heterocycles. The van der Waals surface area contributed by atoms with E-state index in [1.165, 1.54) is 24.3 Å². The van der Waals surface area contributed by atoms with Gasteiger partial charge in [0.25, 0.3) is 11.6 Å². The number of halogens is 1. The molecule has 0 aromatic heterocycles. The zero-order valence-corrected chi connectivity index (χ0v) is 14.4. The van der Waals surface area contributed by atoms with Crippen LogP contribution in [0, 0.1) is 10.1 Å². The third-order valence-corrected chi connectivity index (χ3v) is 3.37. The van der Waals surface area contributed by atoms with E-state index in [1.807, 2.05) is 6.07 Å². The largest absolute Gasteiger partial charge is 0.482 e. The lowest BCUT2D eigenvalue weighted by molar-refractivity contribution is -0.384. The third kappa shape index (κ3) is 6.22. The maximum absolute atomic E-state index is 11.7. The molecule has 2 rings (SSSR count). The van der Waals surface area contributed by atoms with E-state index < -0.39 is 23.4 Å². The number of nitrogens with one attached hydrogen (secondary N) is 1. The highest BCUT2D eigenvalue weighted by Crippen LogP contribution is 2.17. The number of benzene rings is 2. The Bertz CT molecular complexity index is 778. The average Bonchev–Trinajstić information content (AvgIpc) is 2.58. The van der Waals surface area contributed by atoms with Gasteiger partial charge in [0.2, 0.25) is 0 Å². The second kappa shape index (κ2) is 8.78. The van der Waals surface area contributed by atoms with Crippen LogP contribution in [0.2, 0.25) is 0 Å². The van der Waals surface area contributed by atoms with Crippen LogP contribution in [0.25, 0.3) is 0 Å². The molecule has 0 radical (unpaired) electrons. The predicted molar refractivity (Wildman–Crippen MR) is 92.3 cm³/mol. The smallest absolute Gasteiger partial charge is 0.344 e. The zero-order chi connectivity index (χ0) is 18.2. The summed E-state index contributed by atoms with van der Waals surface area (Å²) >= 11 is 3.28. The van der Waals surface area contributed by atoms with E-state index in [0.717, 1.165) is 4.47 Å². The maximum Gasteiger partial charge on any atom is 0.344 e. The SMILES string of the molecule is O=C(COC(=O)COc1cccc(Br)c1)Nc1ccc([N+](=O)[O-])cc1. The number of nitro benzene ring substituents is 1. The summed E-state index contributed by atoms with van der Waals surface area (Å²) in [6.07, 6.45) is 0. The number of nitrogens with zero attached hydrogens (tertiary/aromatic N) is 1. The van der Waals surface area contributed by atoms with Crippen molar-refractivity contribution in [3.05, 3.63) is 63.1 Å². The van der Waals surface area contributed by atoms with Crippen LogP contribution in [0.1, 0.15) is 0 Å². The van der Waals surface area contributed by atoms with Crippen LogP contribution in [0.15, 0.2) is 53.0 Å². The molecular formula is C16H13BrN2O6. The summed E-state index contributed by atoms with van der Waals surface area (Å²) in [4.78, 5) is 33.2. The van der Waals surface area contributed by atoms with Crippen molar-refractivity contribution in [3.8, 4) is 5.75 Å². The second-order valence-electron chi connectivity index (χ2n) is 4.76. The minimum absolute atomic E-state index is 0.0888. The van der Waals surface area contributed by atoms with Crippen LogP contribution < -0.4 is 10.1 Å². The molecule has 0 spiro atoms. The predicted octanol–water partition coefficient (Wildman–Crippen LogP) is 2.92. The Labute approximate surface area is 151 Å². The molecule has 2 aromatic carbocycles.